The van der Waals surface area contributed by atoms with Gasteiger partial charge in [0, 0.05) is 12.6 Å². The minimum Gasteiger partial charge on any atom is -0.346 e. The highest BCUT2D eigenvalue weighted by Gasteiger charge is 2.18. The van der Waals surface area contributed by atoms with Gasteiger partial charge >= 0.3 is 0 Å². The molecule has 0 fully saturated rings. The standard InChI is InChI=1S/C13H20ClN3O/c1-9(2)11(8-17(3)4)16-13(18)10-6-5-7-12(14)15-10/h5-7,9,11H,8H2,1-4H3,(H,16,18). The summed E-state index contributed by atoms with van der Waals surface area (Å²) in [6.45, 7) is 4.96. The minimum absolute atomic E-state index is 0.0910. The predicted octanol–water partition coefficient (Wildman–Crippen LogP) is 2.05. The Bertz CT molecular complexity index is 407. The number of carbonyl (C=O) groups excluding carboxylic acids is 1. The lowest BCUT2D eigenvalue weighted by Gasteiger charge is -2.25. The van der Waals surface area contributed by atoms with Gasteiger partial charge in [-0.3, -0.25) is 4.79 Å². The van der Waals surface area contributed by atoms with Crippen molar-refractivity contribution in [3.8, 4) is 0 Å². The number of carbonyl (C=O) groups is 1. The number of nitrogens with one attached hydrogen (secondary N) is 1. The number of hydrogen-bond donors (Lipinski definition) is 1. The van der Waals surface area contributed by atoms with E-state index in [1.165, 1.54) is 0 Å². The Balaban J connectivity index is 2.72. The van der Waals surface area contributed by atoms with Gasteiger partial charge in [0.1, 0.15) is 10.8 Å². The summed E-state index contributed by atoms with van der Waals surface area (Å²) in [7, 11) is 3.97. The van der Waals surface area contributed by atoms with Crippen molar-refractivity contribution in [3.05, 3.63) is 29.0 Å². The van der Waals surface area contributed by atoms with Crippen LogP contribution < -0.4 is 5.32 Å². The average molecular weight is 270 g/mol. The van der Waals surface area contributed by atoms with Crippen LogP contribution in [-0.2, 0) is 0 Å². The number of rotatable bonds is 5. The van der Waals surface area contributed by atoms with Crippen LogP contribution in [-0.4, -0.2) is 42.5 Å². The zero-order chi connectivity index (χ0) is 13.7. The van der Waals surface area contributed by atoms with Crippen molar-refractivity contribution in [2.24, 2.45) is 5.92 Å². The Morgan fingerprint density at radius 2 is 2.11 bits per heavy atom. The first kappa shape index (κ1) is 14.9. The van der Waals surface area contributed by atoms with E-state index >= 15 is 0 Å². The van der Waals surface area contributed by atoms with E-state index in [2.05, 4.69) is 29.0 Å². The van der Waals surface area contributed by atoms with Crippen molar-refractivity contribution in [3.63, 3.8) is 0 Å². The lowest BCUT2D eigenvalue weighted by atomic mass is 10.0. The second-order valence-electron chi connectivity index (χ2n) is 4.93. The SMILES string of the molecule is CC(C)C(CN(C)C)NC(=O)c1cccc(Cl)n1. The van der Waals surface area contributed by atoms with Crippen molar-refractivity contribution in [2.75, 3.05) is 20.6 Å². The Hall–Kier alpha value is -1.13. The molecule has 100 valence electrons. The summed E-state index contributed by atoms with van der Waals surface area (Å²) in [4.78, 5) is 18.1. The molecule has 0 radical (unpaired) electrons. The van der Waals surface area contributed by atoms with Crippen LogP contribution in [0, 0.1) is 5.92 Å². The highest BCUT2D eigenvalue weighted by atomic mass is 35.5. The third kappa shape index (κ3) is 4.63. The first-order valence-corrected chi connectivity index (χ1v) is 6.36. The largest absolute Gasteiger partial charge is 0.346 e. The number of halogens is 1. The molecule has 0 aliphatic heterocycles. The van der Waals surface area contributed by atoms with Gasteiger partial charge in [0.2, 0.25) is 0 Å². The summed E-state index contributed by atoms with van der Waals surface area (Å²) in [5.41, 5.74) is 0.354. The molecule has 1 heterocycles. The topological polar surface area (TPSA) is 45.2 Å². The molecule has 0 aliphatic carbocycles. The van der Waals surface area contributed by atoms with Gasteiger partial charge in [0.25, 0.3) is 5.91 Å². The van der Waals surface area contributed by atoms with Crippen LogP contribution in [0.1, 0.15) is 24.3 Å². The number of pyridine rings is 1. The monoisotopic (exact) mass is 269 g/mol. The van der Waals surface area contributed by atoms with Crippen molar-refractivity contribution in [1.82, 2.24) is 15.2 Å². The molecule has 1 aromatic heterocycles. The molecule has 0 aromatic carbocycles. The fourth-order valence-corrected chi connectivity index (χ4v) is 1.76. The maximum Gasteiger partial charge on any atom is 0.270 e. The summed E-state index contributed by atoms with van der Waals surface area (Å²) in [5.74, 6) is 0.175. The zero-order valence-electron chi connectivity index (χ0n) is 11.3. The van der Waals surface area contributed by atoms with E-state index in [9.17, 15) is 4.79 Å². The van der Waals surface area contributed by atoms with E-state index in [-0.39, 0.29) is 11.9 Å². The molecule has 1 N–H and O–H groups in total. The van der Waals surface area contributed by atoms with Crippen molar-refractivity contribution < 1.29 is 4.79 Å². The molecular formula is C13H20ClN3O. The number of hydrogen-bond acceptors (Lipinski definition) is 3. The summed E-state index contributed by atoms with van der Waals surface area (Å²) in [6, 6.07) is 5.13. The van der Waals surface area contributed by atoms with Gasteiger partial charge in [-0.25, -0.2) is 4.98 Å². The van der Waals surface area contributed by atoms with Crippen LogP contribution >= 0.6 is 11.6 Å². The normalized spacial score (nSPS) is 12.8. The quantitative estimate of drug-likeness (QED) is 0.832. The molecule has 1 atom stereocenters. The summed E-state index contributed by atoms with van der Waals surface area (Å²) in [6.07, 6.45) is 0. The lowest BCUT2D eigenvalue weighted by Crippen LogP contribution is -2.45. The van der Waals surface area contributed by atoms with Crippen LogP contribution in [0.25, 0.3) is 0 Å². The molecule has 1 aromatic rings. The Morgan fingerprint density at radius 1 is 1.44 bits per heavy atom. The van der Waals surface area contributed by atoms with Gasteiger partial charge in [0.05, 0.1) is 0 Å². The molecule has 0 bridgehead atoms. The van der Waals surface area contributed by atoms with Crippen molar-refractivity contribution >= 4 is 17.5 Å². The smallest absolute Gasteiger partial charge is 0.270 e. The maximum atomic E-state index is 12.0. The highest BCUT2D eigenvalue weighted by Crippen LogP contribution is 2.07. The third-order valence-electron chi connectivity index (χ3n) is 2.63. The second kappa shape index (κ2) is 6.71. The number of likely N-dealkylation sites (N-methyl/N-ethyl adjacent to an activating group) is 1. The van der Waals surface area contributed by atoms with Crippen LogP contribution in [0.4, 0.5) is 0 Å². The zero-order valence-corrected chi connectivity index (χ0v) is 12.0. The molecule has 0 spiro atoms. The van der Waals surface area contributed by atoms with E-state index in [4.69, 9.17) is 11.6 Å². The Kier molecular flexibility index (Phi) is 5.56. The van der Waals surface area contributed by atoms with Gasteiger partial charge in [-0.05, 0) is 32.1 Å². The summed E-state index contributed by atoms with van der Waals surface area (Å²) < 4.78 is 0. The molecular weight excluding hydrogens is 250 g/mol. The van der Waals surface area contributed by atoms with Crippen molar-refractivity contribution in [1.29, 1.82) is 0 Å². The first-order valence-electron chi connectivity index (χ1n) is 5.98. The van der Waals surface area contributed by atoms with E-state index in [0.717, 1.165) is 6.54 Å². The van der Waals surface area contributed by atoms with Gasteiger partial charge < -0.3 is 10.2 Å². The Labute approximate surface area is 113 Å². The molecule has 18 heavy (non-hydrogen) atoms. The second-order valence-corrected chi connectivity index (χ2v) is 5.32. The molecule has 1 rings (SSSR count). The van der Waals surface area contributed by atoms with Gasteiger partial charge in [-0.15, -0.1) is 0 Å². The van der Waals surface area contributed by atoms with Crippen LogP contribution in [0.15, 0.2) is 18.2 Å². The summed E-state index contributed by atoms with van der Waals surface area (Å²) >= 11 is 5.77. The fraction of sp³-hybridized carbons (Fsp3) is 0.538. The van der Waals surface area contributed by atoms with Gasteiger partial charge in [-0.2, -0.15) is 0 Å². The van der Waals surface area contributed by atoms with Crippen LogP contribution in [0.2, 0.25) is 5.15 Å². The Morgan fingerprint density at radius 3 is 2.61 bits per heavy atom. The molecule has 5 heteroatoms. The fourth-order valence-electron chi connectivity index (χ4n) is 1.59. The molecule has 4 nitrogen and oxygen atoms in total. The van der Waals surface area contributed by atoms with E-state index in [1.807, 2.05) is 14.1 Å². The highest BCUT2D eigenvalue weighted by molar-refractivity contribution is 6.29. The summed E-state index contributed by atoms with van der Waals surface area (Å²) in [5, 5.41) is 3.32. The number of aromatic nitrogens is 1. The number of nitrogens with zero attached hydrogens (tertiary/aromatic N) is 2. The van der Waals surface area contributed by atoms with E-state index < -0.39 is 0 Å². The first-order chi connectivity index (χ1) is 8.40. The minimum atomic E-state index is -0.182. The average Bonchev–Trinajstić information content (AvgIpc) is 2.27. The van der Waals surface area contributed by atoms with E-state index in [1.54, 1.807) is 18.2 Å². The maximum absolute atomic E-state index is 12.0. The van der Waals surface area contributed by atoms with Crippen molar-refractivity contribution in [2.45, 2.75) is 19.9 Å². The predicted molar refractivity (Wildman–Crippen MR) is 73.9 cm³/mol. The molecule has 1 unspecified atom stereocenters. The van der Waals surface area contributed by atoms with Crippen LogP contribution in [0.5, 0.6) is 0 Å². The number of amides is 1. The molecule has 1 amide bonds. The molecule has 0 saturated heterocycles. The van der Waals surface area contributed by atoms with E-state index in [0.29, 0.717) is 16.8 Å². The third-order valence-corrected chi connectivity index (χ3v) is 2.84. The lowest BCUT2D eigenvalue weighted by molar-refractivity contribution is 0.0911. The molecule has 0 saturated carbocycles. The van der Waals surface area contributed by atoms with Gasteiger partial charge in [0.15, 0.2) is 0 Å². The van der Waals surface area contributed by atoms with Crippen LogP contribution in [0.3, 0.4) is 0 Å². The molecule has 0 aliphatic rings. The van der Waals surface area contributed by atoms with Gasteiger partial charge in [-0.1, -0.05) is 31.5 Å².